The van der Waals surface area contributed by atoms with E-state index in [2.05, 4.69) is 10.0 Å². The molecule has 2 rings (SSSR count). The number of hydrogen-bond acceptors (Lipinski definition) is 5. The zero-order chi connectivity index (χ0) is 16.7. The molecule has 0 aliphatic carbocycles. The summed E-state index contributed by atoms with van der Waals surface area (Å²) in [6.45, 7) is 2.58. The van der Waals surface area contributed by atoms with Crippen molar-refractivity contribution in [1.29, 1.82) is 0 Å². The summed E-state index contributed by atoms with van der Waals surface area (Å²) in [6.07, 6.45) is 1.39. The van der Waals surface area contributed by atoms with Gasteiger partial charge in [0.25, 0.3) is 5.91 Å². The number of amides is 1. The molecule has 0 fully saturated rings. The van der Waals surface area contributed by atoms with Gasteiger partial charge in [-0.3, -0.25) is 4.79 Å². The van der Waals surface area contributed by atoms with Crippen molar-refractivity contribution in [3.63, 3.8) is 0 Å². The highest BCUT2D eigenvalue weighted by Crippen LogP contribution is 2.15. The number of benzene rings is 1. The molecule has 0 unspecified atom stereocenters. The molecule has 1 amide bonds. The minimum atomic E-state index is -3.62. The van der Waals surface area contributed by atoms with E-state index < -0.39 is 15.9 Å². The summed E-state index contributed by atoms with van der Waals surface area (Å²) in [6, 6.07) is 9.25. The molecule has 23 heavy (non-hydrogen) atoms. The molecule has 124 valence electrons. The van der Waals surface area contributed by atoms with Crippen LogP contribution in [0.3, 0.4) is 0 Å². The first kappa shape index (κ1) is 17.0. The Morgan fingerprint density at radius 3 is 2.52 bits per heavy atom. The van der Waals surface area contributed by atoms with Crippen LogP contribution in [-0.2, 0) is 10.0 Å². The molecule has 1 aromatic carbocycles. The van der Waals surface area contributed by atoms with Crippen LogP contribution in [-0.4, -0.2) is 34.0 Å². The summed E-state index contributed by atoms with van der Waals surface area (Å²) in [4.78, 5) is 11.7. The van der Waals surface area contributed by atoms with Gasteiger partial charge in [-0.1, -0.05) is 0 Å². The zero-order valence-corrected chi connectivity index (χ0v) is 13.4. The normalized spacial score (nSPS) is 11.2. The lowest BCUT2D eigenvalue weighted by Gasteiger charge is -2.08. The van der Waals surface area contributed by atoms with Crippen molar-refractivity contribution >= 4 is 15.9 Å². The van der Waals surface area contributed by atoms with Gasteiger partial charge in [-0.15, -0.1) is 0 Å². The second-order valence-electron chi connectivity index (χ2n) is 4.54. The Kier molecular flexibility index (Phi) is 5.78. The van der Waals surface area contributed by atoms with Crippen molar-refractivity contribution in [1.82, 2.24) is 10.0 Å². The van der Waals surface area contributed by atoms with E-state index in [1.165, 1.54) is 24.5 Å². The number of carbonyl (C=O) groups is 1. The molecule has 1 heterocycles. The van der Waals surface area contributed by atoms with Gasteiger partial charge in [0.05, 0.1) is 17.8 Å². The number of rotatable bonds is 8. The van der Waals surface area contributed by atoms with Gasteiger partial charge in [-0.05, 0) is 43.3 Å². The molecule has 0 aliphatic rings. The van der Waals surface area contributed by atoms with Crippen molar-refractivity contribution in [2.75, 3.05) is 19.7 Å². The van der Waals surface area contributed by atoms with E-state index in [9.17, 15) is 13.2 Å². The molecule has 0 spiro atoms. The molecule has 8 heteroatoms. The molecular formula is C15H18N2O5S. The molecule has 0 bridgehead atoms. The molecule has 7 nitrogen and oxygen atoms in total. The van der Waals surface area contributed by atoms with Crippen LogP contribution in [0.1, 0.15) is 17.5 Å². The highest BCUT2D eigenvalue weighted by molar-refractivity contribution is 7.89. The predicted molar refractivity (Wildman–Crippen MR) is 83.8 cm³/mol. The molecule has 2 N–H and O–H groups in total. The summed E-state index contributed by atoms with van der Waals surface area (Å²) in [7, 11) is -3.62. The van der Waals surface area contributed by atoms with Gasteiger partial charge in [0.2, 0.25) is 10.0 Å². The van der Waals surface area contributed by atoms with Gasteiger partial charge in [0.1, 0.15) is 5.75 Å². The molecule has 0 saturated carbocycles. The number of furan rings is 1. The van der Waals surface area contributed by atoms with Crippen LogP contribution < -0.4 is 14.8 Å². The Balaban J connectivity index is 1.83. The first-order valence-corrected chi connectivity index (χ1v) is 8.55. The van der Waals surface area contributed by atoms with Gasteiger partial charge in [0, 0.05) is 13.1 Å². The number of nitrogens with one attached hydrogen (secondary N) is 2. The number of hydrogen-bond donors (Lipinski definition) is 2. The number of ether oxygens (including phenoxy) is 1. The van der Waals surface area contributed by atoms with Gasteiger partial charge >= 0.3 is 0 Å². The summed E-state index contributed by atoms with van der Waals surface area (Å²) >= 11 is 0. The lowest BCUT2D eigenvalue weighted by Crippen LogP contribution is -2.34. The van der Waals surface area contributed by atoms with Gasteiger partial charge < -0.3 is 14.5 Å². The maximum absolute atomic E-state index is 12.1. The van der Waals surface area contributed by atoms with E-state index >= 15 is 0 Å². The first-order valence-electron chi connectivity index (χ1n) is 7.07. The predicted octanol–water partition coefficient (Wildman–Crippen LogP) is 1.39. The molecule has 2 aromatic rings. The second-order valence-corrected chi connectivity index (χ2v) is 6.30. The Hall–Kier alpha value is -2.32. The summed E-state index contributed by atoms with van der Waals surface area (Å²) in [5.74, 6) is 0.395. The Bertz CT molecular complexity index is 724. The summed E-state index contributed by atoms with van der Waals surface area (Å²) in [5, 5.41) is 2.56. The maximum atomic E-state index is 12.1. The fraction of sp³-hybridized carbons (Fsp3) is 0.267. The third-order valence-electron chi connectivity index (χ3n) is 2.89. The van der Waals surface area contributed by atoms with E-state index in [4.69, 9.17) is 9.15 Å². The highest BCUT2D eigenvalue weighted by Gasteiger charge is 2.14. The van der Waals surface area contributed by atoms with Crippen LogP contribution in [0.5, 0.6) is 5.75 Å². The molecule has 0 atom stereocenters. The SMILES string of the molecule is CCOc1ccc(S(=O)(=O)NCCNC(=O)c2ccco2)cc1. The quantitative estimate of drug-likeness (QED) is 0.709. The average molecular weight is 338 g/mol. The fourth-order valence-corrected chi connectivity index (χ4v) is 2.85. The molecule has 0 radical (unpaired) electrons. The number of sulfonamides is 1. The lowest BCUT2D eigenvalue weighted by molar-refractivity contribution is 0.0926. The zero-order valence-electron chi connectivity index (χ0n) is 12.6. The second kappa shape index (κ2) is 7.80. The van der Waals surface area contributed by atoms with Crippen molar-refractivity contribution in [3.8, 4) is 5.75 Å². The molecule has 1 aromatic heterocycles. The average Bonchev–Trinajstić information content (AvgIpc) is 3.07. The van der Waals surface area contributed by atoms with Crippen molar-refractivity contribution < 1.29 is 22.4 Å². The van der Waals surface area contributed by atoms with Gasteiger partial charge in [0.15, 0.2) is 5.76 Å². The monoisotopic (exact) mass is 338 g/mol. The van der Waals surface area contributed by atoms with Gasteiger partial charge in [-0.25, -0.2) is 13.1 Å². The molecular weight excluding hydrogens is 320 g/mol. The molecule has 0 saturated heterocycles. The summed E-state index contributed by atoms with van der Waals surface area (Å²) in [5.41, 5.74) is 0. The topological polar surface area (TPSA) is 97.6 Å². The first-order chi connectivity index (χ1) is 11.0. The Morgan fingerprint density at radius 2 is 1.91 bits per heavy atom. The maximum Gasteiger partial charge on any atom is 0.287 e. The fourth-order valence-electron chi connectivity index (χ4n) is 1.82. The van der Waals surface area contributed by atoms with Crippen LogP contribution >= 0.6 is 0 Å². The van der Waals surface area contributed by atoms with E-state index in [0.29, 0.717) is 12.4 Å². The van der Waals surface area contributed by atoms with E-state index in [0.717, 1.165) is 0 Å². The standard InChI is InChI=1S/C15H18N2O5S/c1-2-21-12-5-7-13(8-6-12)23(19,20)17-10-9-16-15(18)14-4-3-11-22-14/h3-8,11,17H,2,9-10H2,1H3,(H,16,18). The van der Waals surface area contributed by atoms with Crippen LogP contribution in [0.25, 0.3) is 0 Å². The largest absolute Gasteiger partial charge is 0.494 e. The van der Waals surface area contributed by atoms with Gasteiger partial charge in [-0.2, -0.15) is 0 Å². The molecule has 0 aliphatic heterocycles. The smallest absolute Gasteiger partial charge is 0.287 e. The van der Waals surface area contributed by atoms with E-state index in [-0.39, 0.29) is 23.7 Å². The third kappa shape index (κ3) is 4.83. The van der Waals surface area contributed by atoms with Crippen LogP contribution in [0.4, 0.5) is 0 Å². The van der Waals surface area contributed by atoms with E-state index in [1.807, 2.05) is 6.92 Å². The van der Waals surface area contributed by atoms with Crippen molar-refractivity contribution in [2.45, 2.75) is 11.8 Å². The van der Waals surface area contributed by atoms with Crippen LogP contribution in [0.15, 0.2) is 52.0 Å². The summed E-state index contributed by atoms with van der Waals surface area (Å²) < 4.78 is 36.8. The minimum Gasteiger partial charge on any atom is -0.494 e. The van der Waals surface area contributed by atoms with Crippen molar-refractivity contribution in [3.05, 3.63) is 48.4 Å². The van der Waals surface area contributed by atoms with Crippen molar-refractivity contribution in [2.24, 2.45) is 0 Å². The third-order valence-corrected chi connectivity index (χ3v) is 4.37. The Morgan fingerprint density at radius 1 is 1.17 bits per heavy atom. The highest BCUT2D eigenvalue weighted by atomic mass is 32.2. The minimum absolute atomic E-state index is 0.0714. The van der Waals surface area contributed by atoms with Crippen LogP contribution in [0.2, 0.25) is 0 Å². The van der Waals surface area contributed by atoms with Crippen LogP contribution in [0, 0.1) is 0 Å². The Labute approximate surface area is 134 Å². The van der Waals surface area contributed by atoms with E-state index in [1.54, 1.807) is 18.2 Å². The lowest BCUT2D eigenvalue weighted by atomic mass is 10.3. The number of carbonyl (C=O) groups excluding carboxylic acids is 1.